The summed E-state index contributed by atoms with van der Waals surface area (Å²) < 4.78 is 8.56. The molecule has 1 aromatic carbocycles. The van der Waals surface area contributed by atoms with Gasteiger partial charge in [-0.2, -0.15) is 0 Å². The molecule has 8 nitrogen and oxygen atoms in total. The number of rotatable bonds is 7. The zero-order valence-electron chi connectivity index (χ0n) is 15.6. The van der Waals surface area contributed by atoms with Gasteiger partial charge in [0.05, 0.1) is 6.20 Å². The molecular formula is C21H19N5O3. The molecule has 0 saturated heterocycles. The van der Waals surface area contributed by atoms with E-state index in [1.807, 2.05) is 12.1 Å². The molecule has 0 bridgehead atoms. The van der Waals surface area contributed by atoms with Gasteiger partial charge < -0.3 is 10.1 Å². The topological polar surface area (TPSA) is 90.5 Å². The van der Waals surface area contributed by atoms with E-state index in [1.165, 1.54) is 9.08 Å². The van der Waals surface area contributed by atoms with Gasteiger partial charge in [0, 0.05) is 31.0 Å². The summed E-state index contributed by atoms with van der Waals surface area (Å²) in [6, 6.07) is 15.9. The summed E-state index contributed by atoms with van der Waals surface area (Å²) in [5.41, 5.74) is 0.958. The zero-order valence-corrected chi connectivity index (χ0v) is 15.6. The summed E-state index contributed by atoms with van der Waals surface area (Å²) in [6.07, 6.45) is 5.57. The van der Waals surface area contributed by atoms with E-state index in [2.05, 4.69) is 15.4 Å². The number of fused-ring (bicyclic) bond motifs is 1. The molecule has 0 atom stereocenters. The second kappa shape index (κ2) is 8.39. The van der Waals surface area contributed by atoms with Gasteiger partial charge in [0.2, 0.25) is 0 Å². The largest absolute Gasteiger partial charge is 0.456 e. The first kappa shape index (κ1) is 18.4. The van der Waals surface area contributed by atoms with Crippen LogP contribution in [0.15, 0.2) is 78.0 Å². The lowest BCUT2D eigenvalue weighted by molar-refractivity contribution is 0.0952. The minimum atomic E-state index is -0.184. The van der Waals surface area contributed by atoms with Crippen LogP contribution in [-0.2, 0) is 6.54 Å². The SMILES string of the molecule is O=C(NCCCn1nc2ccccn2c1=O)c1ccc(Oc2cccnc2)cc1. The molecule has 4 aromatic rings. The van der Waals surface area contributed by atoms with E-state index in [4.69, 9.17) is 4.74 Å². The quantitative estimate of drug-likeness (QED) is 0.491. The molecule has 0 spiro atoms. The second-order valence-corrected chi connectivity index (χ2v) is 6.36. The maximum absolute atomic E-state index is 12.3. The number of carbonyl (C=O) groups excluding carboxylic acids is 1. The number of nitrogens with one attached hydrogen (secondary N) is 1. The number of benzene rings is 1. The number of pyridine rings is 2. The molecule has 8 heteroatoms. The fraction of sp³-hybridized carbons (Fsp3) is 0.143. The van der Waals surface area contributed by atoms with Gasteiger partial charge in [0.25, 0.3) is 5.91 Å². The standard InChI is InChI=1S/C21H19N5O3/c27-20(16-7-9-17(10-8-16)29-18-5-3-11-22-15-18)23-12-4-14-26-21(28)25-13-2-1-6-19(25)24-26/h1-3,5-11,13,15H,4,12,14H2,(H,23,27). The van der Waals surface area contributed by atoms with Crippen LogP contribution in [0.2, 0.25) is 0 Å². The van der Waals surface area contributed by atoms with Crippen molar-refractivity contribution in [1.82, 2.24) is 24.5 Å². The lowest BCUT2D eigenvalue weighted by Crippen LogP contribution is -2.27. The van der Waals surface area contributed by atoms with Crippen LogP contribution < -0.4 is 15.7 Å². The van der Waals surface area contributed by atoms with E-state index < -0.39 is 0 Å². The van der Waals surface area contributed by atoms with Crippen LogP contribution in [0.25, 0.3) is 5.65 Å². The Balaban J connectivity index is 1.28. The molecule has 1 amide bonds. The molecule has 0 aliphatic carbocycles. The minimum Gasteiger partial charge on any atom is -0.456 e. The Bertz CT molecular complexity index is 1170. The fourth-order valence-electron chi connectivity index (χ4n) is 2.86. The number of hydrogen-bond acceptors (Lipinski definition) is 5. The van der Waals surface area contributed by atoms with E-state index in [1.54, 1.807) is 61.1 Å². The maximum Gasteiger partial charge on any atom is 0.350 e. The highest BCUT2D eigenvalue weighted by Gasteiger charge is 2.08. The molecule has 1 N–H and O–H groups in total. The van der Waals surface area contributed by atoms with Crippen molar-refractivity contribution in [3.8, 4) is 11.5 Å². The van der Waals surface area contributed by atoms with Gasteiger partial charge in [-0.25, -0.2) is 9.48 Å². The molecule has 3 aromatic heterocycles. The molecule has 0 aliphatic rings. The molecule has 0 saturated carbocycles. The third-order valence-electron chi connectivity index (χ3n) is 4.31. The first-order valence-electron chi connectivity index (χ1n) is 9.21. The van der Waals surface area contributed by atoms with Crippen LogP contribution in [-0.4, -0.2) is 31.6 Å². The predicted octanol–water partition coefficient (Wildman–Crippen LogP) is 2.50. The third-order valence-corrected chi connectivity index (χ3v) is 4.31. The van der Waals surface area contributed by atoms with Gasteiger partial charge in [-0.05, 0) is 55.0 Å². The molecule has 3 heterocycles. The average molecular weight is 389 g/mol. The molecule has 29 heavy (non-hydrogen) atoms. The molecule has 146 valence electrons. The van der Waals surface area contributed by atoms with Crippen LogP contribution >= 0.6 is 0 Å². The number of ether oxygens (including phenoxy) is 1. The molecule has 0 aliphatic heterocycles. The number of nitrogens with zero attached hydrogens (tertiary/aromatic N) is 4. The lowest BCUT2D eigenvalue weighted by atomic mass is 10.2. The van der Waals surface area contributed by atoms with Crippen LogP contribution in [0.4, 0.5) is 0 Å². The highest BCUT2D eigenvalue weighted by atomic mass is 16.5. The fourth-order valence-corrected chi connectivity index (χ4v) is 2.86. The third kappa shape index (κ3) is 4.32. The minimum absolute atomic E-state index is 0.180. The van der Waals surface area contributed by atoms with Crippen molar-refractivity contribution in [2.45, 2.75) is 13.0 Å². The van der Waals surface area contributed by atoms with Crippen LogP contribution in [0.5, 0.6) is 11.5 Å². The van der Waals surface area contributed by atoms with Gasteiger partial charge in [0.1, 0.15) is 11.5 Å². The number of amides is 1. The van der Waals surface area contributed by atoms with Gasteiger partial charge in [0.15, 0.2) is 5.65 Å². The highest BCUT2D eigenvalue weighted by molar-refractivity contribution is 5.94. The van der Waals surface area contributed by atoms with Crippen LogP contribution in [0, 0.1) is 0 Å². The van der Waals surface area contributed by atoms with E-state index in [0.717, 1.165) is 0 Å². The first-order chi connectivity index (χ1) is 14.2. The zero-order chi connectivity index (χ0) is 20.1. The van der Waals surface area contributed by atoms with E-state index in [0.29, 0.717) is 42.2 Å². The van der Waals surface area contributed by atoms with Crippen molar-refractivity contribution >= 4 is 11.6 Å². The normalized spacial score (nSPS) is 10.8. The smallest absolute Gasteiger partial charge is 0.350 e. The van der Waals surface area contributed by atoms with Gasteiger partial charge in [-0.15, -0.1) is 5.10 Å². The van der Waals surface area contributed by atoms with Crippen LogP contribution in [0.3, 0.4) is 0 Å². The Hall–Kier alpha value is -3.94. The van der Waals surface area contributed by atoms with E-state index in [-0.39, 0.29) is 11.6 Å². The first-order valence-corrected chi connectivity index (χ1v) is 9.21. The molecule has 0 radical (unpaired) electrons. The average Bonchev–Trinajstić information content (AvgIpc) is 3.08. The van der Waals surface area contributed by atoms with Crippen molar-refractivity contribution < 1.29 is 9.53 Å². The summed E-state index contributed by atoms with van der Waals surface area (Å²) in [7, 11) is 0. The Morgan fingerprint density at radius 3 is 2.66 bits per heavy atom. The van der Waals surface area contributed by atoms with Gasteiger partial charge in [-0.3, -0.25) is 14.2 Å². The molecule has 4 rings (SSSR count). The molecular weight excluding hydrogens is 370 g/mol. The number of hydrogen-bond donors (Lipinski definition) is 1. The van der Waals surface area contributed by atoms with E-state index >= 15 is 0 Å². The Morgan fingerprint density at radius 2 is 1.90 bits per heavy atom. The number of aromatic nitrogens is 4. The van der Waals surface area contributed by atoms with Crippen molar-refractivity contribution in [1.29, 1.82) is 0 Å². The molecule has 0 fully saturated rings. The summed E-state index contributed by atoms with van der Waals surface area (Å²) in [6.45, 7) is 0.867. The summed E-state index contributed by atoms with van der Waals surface area (Å²) >= 11 is 0. The van der Waals surface area contributed by atoms with Crippen molar-refractivity contribution in [2.75, 3.05) is 6.54 Å². The second-order valence-electron chi connectivity index (χ2n) is 6.36. The monoisotopic (exact) mass is 389 g/mol. The van der Waals surface area contributed by atoms with Crippen molar-refractivity contribution in [2.24, 2.45) is 0 Å². The van der Waals surface area contributed by atoms with Crippen molar-refractivity contribution in [3.05, 3.63) is 89.2 Å². The van der Waals surface area contributed by atoms with Gasteiger partial charge >= 0.3 is 5.69 Å². The van der Waals surface area contributed by atoms with Crippen molar-refractivity contribution in [3.63, 3.8) is 0 Å². The molecule has 0 unspecified atom stereocenters. The lowest BCUT2D eigenvalue weighted by Gasteiger charge is -2.07. The summed E-state index contributed by atoms with van der Waals surface area (Å²) in [5.74, 6) is 1.08. The van der Waals surface area contributed by atoms with E-state index in [9.17, 15) is 9.59 Å². The number of carbonyl (C=O) groups is 1. The predicted molar refractivity (Wildman–Crippen MR) is 107 cm³/mol. The highest BCUT2D eigenvalue weighted by Crippen LogP contribution is 2.20. The van der Waals surface area contributed by atoms with Gasteiger partial charge in [-0.1, -0.05) is 6.07 Å². The summed E-state index contributed by atoms with van der Waals surface area (Å²) in [4.78, 5) is 28.5. The Morgan fingerprint density at radius 1 is 1.03 bits per heavy atom. The Labute approximate surface area is 166 Å². The maximum atomic E-state index is 12.3. The summed E-state index contributed by atoms with van der Waals surface area (Å²) in [5, 5.41) is 7.12. The Kier molecular flexibility index (Phi) is 5.33. The number of aryl methyl sites for hydroxylation is 1. The van der Waals surface area contributed by atoms with Crippen LogP contribution in [0.1, 0.15) is 16.8 Å².